The molecule has 194 valence electrons. The van der Waals surface area contributed by atoms with E-state index in [1.165, 1.54) is 6.07 Å². The van der Waals surface area contributed by atoms with Crippen LogP contribution in [-0.2, 0) is 17.6 Å². The fourth-order valence-electron chi connectivity index (χ4n) is 6.00. The lowest BCUT2D eigenvalue weighted by Gasteiger charge is -2.28. The lowest BCUT2D eigenvalue weighted by Crippen LogP contribution is -2.45. The van der Waals surface area contributed by atoms with Crippen LogP contribution in [0.5, 0.6) is 0 Å². The number of hydrogen-bond donors (Lipinski definition) is 2. The number of hydrogen-bond acceptors (Lipinski definition) is 6. The smallest absolute Gasteiger partial charge is 0.310 e. The lowest BCUT2D eigenvalue weighted by molar-refractivity contribution is -0.185. The number of carbonyl (C=O) groups excluding carboxylic acids is 1. The first-order valence-electron chi connectivity index (χ1n) is 12.7. The van der Waals surface area contributed by atoms with Crippen molar-refractivity contribution in [1.29, 1.82) is 0 Å². The van der Waals surface area contributed by atoms with Crippen molar-refractivity contribution in [2.75, 3.05) is 29.9 Å². The number of fused-ring (bicyclic) bond motifs is 1. The number of likely N-dealkylation sites (tertiary alicyclic amines) is 1. The Morgan fingerprint density at radius 2 is 1.75 bits per heavy atom. The van der Waals surface area contributed by atoms with E-state index in [2.05, 4.69) is 15.5 Å². The predicted octanol–water partition coefficient (Wildman–Crippen LogP) is 4.17. The number of halogens is 4. The number of H-pyrrole nitrogens is 1. The molecular formula is C24H29F4N7O. The van der Waals surface area contributed by atoms with Gasteiger partial charge in [0.1, 0.15) is 11.9 Å². The number of aromatic amines is 1. The summed E-state index contributed by atoms with van der Waals surface area (Å²) in [6.45, 7) is 2.28. The number of rotatable bonds is 5. The zero-order chi connectivity index (χ0) is 25.1. The van der Waals surface area contributed by atoms with E-state index in [1.807, 2.05) is 9.80 Å². The molecule has 6 rings (SSSR count). The summed E-state index contributed by atoms with van der Waals surface area (Å²) in [5.74, 6) is -7.55. The standard InChI is InChI=1S/C24H29F4N7O/c25-23(26)12-14(13-24(23,27)28)17-11-19(33-32-17)30-20-15-5-3-6-16(15)29-22(31-20)35-10-4-7-18(35)21(36)34-8-1-2-9-34/h11,14,18H,1-10,12-13H2,(H2,29,30,31,32,33). The van der Waals surface area contributed by atoms with Gasteiger partial charge in [0.2, 0.25) is 11.9 Å². The van der Waals surface area contributed by atoms with Crippen LogP contribution < -0.4 is 10.2 Å². The lowest BCUT2D eigenvalue weighted by atomic mass is 10.0. The van der Waals surface area contributed by atoms with Crippen molar-refractivity contribution in [3.63, 3.8) is 0 Å². The topological polar surface area (TPSA) is 90.0 Å². The van der Waals surface area contributed by atoms with Crippen LogP contribution in [0.1, 0.15) is 67.8 Å². The molecule has 3 fully saturated rings. The molecule has 2 saturated heterocycles. The predicted molar refractivity (Wildman–Crippen MR) is 124 cm³/mol. The number of aromatic nitrogens is 4. The average molecular weight is 508 g/mol. The molecule has 2 N–H and O–H groups in total. The summed E-state index contributed by atoms with van der Waals surface area (Å²) < 4.78 is 54.8. The minimum atomic E-state index is -4.03. The maximum atomic E-state index is 13.7. The molecule has 0 radical (unpaired) electrons. The summed E-state index contributed by atoms with van der Waals surface area (Å²) >= 11 is 0. The number of amides is 1. The van der Waals surface area contributed by atoms with E-state index in [4.69, 9.17) is 9.97 Å². The minimum Gasteiger partial charge on any atom is -0.341 e. The second-order valence-corrected chi connectivity index (χ2v) is 10.4. The van der Waals surface area contributed by atoms with Gasteiger partial charge in [-0.05, 0) is 44.9 Å². The van der Waals surface area contributed by atoms with Gasteiger partial charge in [-0.2, -0.15) is 27.6 Å². The average Bonchev–Trinajstić information content (AvgIpc) is 3.64. The quantitative estimate of drug-likeness (QED) is 0.591. The van der Waals surface area contributed by atoms with Crippen LogP contribution in [-0.4, -0.2) is 68.5 Å². The van der Waals surface area contributed by atoms with Crippen LogP contribution in [0.25, 0.3) is 0 Å². The van der Waals surface area contributed by atoms with Crippen molar-refractivity contribution in [2.24, 2.45) is 0 Å². The first kappa shape index (κ1) is 23.5. The van der Waals surface area contributed by atoms with Gasteiger partial charge < -0.3 is 15.1 Å². The number of nitrogens with one attached hydrogen (secondary N) is 2. The fraction of sp³-hybridized carbons (Fsp3) is 0.667. The summed E-state index contributed by atoms with van der Waals surface area (Å²) in [4.78, 5) is 26.6. The van der Waals surface area contributed by atoms with Gasteiger partial charge in [-0.1, -0.05) is 0 Å². The van der Waals surface area contributed by atoms with Gasteiger partial charge in [0, 0.05) is 55.7 Å². The second kappa shape index (κ2) is 8.58. The largest absolute Gasteiger partial charge is 0.341 e. The van der Waals surface area contributed by atoms with E-state index in [0.29, 0.717) is 24.1 Å². The van der Waals surface area contributed by atoms with E-state index in [1.54, 1.807) is 0 Å². The minimum absolute atomic E-state index is 0.130. The molecule has 2 aliphatic carbocycles. The van der Waals surface area contributed by atoms with Crippen molar-refractivity contribution in [3.05, 3.63) is 23.0 Å². The summed E-state index contributed by atoms with van der Waals surface area (Å²) in [6.07, 6.45) is 4.38. The molecule has 8 nitrogen and oxygen atoms in total. The third-order valence-corrected chi connectivity index (χ3v) is 7.96. The molecule has 1 unspecified atom stereocenters. The van der Waals surface area contributed by atoms with Crippen molar-refractivity contribution in [2.45, 2.75) is 81.6 Å². The summed E-state index contributed by atoms with van der Waals surface area (Å²) in [5.41, 5.74) is 2.13. The first-order chi connectivity index (χ1) is 17.2. The molecule has 12 heteroatoms. The van der Waals surface area contributed by atoms with Crippen molar-refractivity contribution < 1.29 is 22.4 Å². The van der Waals surface area contributed by atoms with Gasteiger partial charge >= 0.3 is 11.8 Å². The Balaban J connectivity index is 1.24. The van der Waals surface area contributed by atoms with E-state index >= 15 is 0 Å². The number of carbonyl (C=O) groups is 1. The van der Waals surface area contributed by atoms with Crippen LogP contribution in [0.15, 0.2) is 6.07 Å². The molecule has 36 heavy (non-hydrogen) atoms. The summed E-state index contributed by atoms with van der Waals surface area (Å²) in [7, 11) is 0. The van der Waals surface area contributed by atoms with E-state index in [-0.39, 0.29) is 17.6 Å². The molecule has 1 atom stereocenters. The van der Waals surface area contributed by atoms with Crippen LogP contribution in [0, 0.1) is 0 Å². The maximum Gasteiger partial charge on any atom is 0.310 e. The highest BCUT2D eigenvalue weighted by atomic mass is 19.3. The van der Waals surface area contributed by atoms with Crippen LogP contribution in [0.4, 0.5) is 35.1 Å². The number of aryl methyl sites for hydroxylation is 1. The SMILES string of the molecule is O=C(C1CCCN1c1nc2c(c(Nc3cc(C4CC(F)(F)C(F)(F)C4)[nH]n3)n1)CCC2)N1CCCC1. The van der Waals surface area contributed by atoms with E-state index in [9.17, 15) is 22.4 Å². The highest BCUT2D eigenvalue weighted by Gasteiger charge is 2.63. The molecule has 0 spiro atoms. The molecule has 2 aliphatic heterocycles. The second-order valence-electron chi connectivity index (χ2n) is 10.4. The normalized spacial score (nSPS) is 25.1. The monoisotopic (exact) mass is 507 g/mol. The number of nitrogens with zero attached hydrogens (tertiary/aromatic N) is 5. The number of anilines is 3. The molecule has 4 heterocycles. The van der Waals surface area contributed by atoms with Gasteiger partial charge in [0.15, 0.2) is 5.82 Å². The summed E-state index contributed by atoms with van der Waals surface area (Å²) in [6, 6.07) is 1.22. The zero-order valence-corrected chi connectivity index (χ0v) is 19.9. The third kappa shape index (κ3) is 3.98. The van der Waals surface area contributed by atoms with Crippen molar-refractivity contribution in [3.8, 4) is 0 Å². The van der Waals surface area contributed by atoms with Crippen molar-refractivity contribution in [1.82, 2.24) is 25.1 Å². The fourth-order valence-corrected chi connectivity index (χ4v) is 6.00. The molecule has 0 aromatic carbocycles. The molecule has 4 aliphatic rings. The van der Waals surface area contributed by atoms with Gasteiger partial charge in [0.05, 0.1) is 5.69 Å². The Hall–Kier alpha value is -2.92. The Morgan fingerprint density at radius 1 is 1.00 bits per heavy atom. The Bertz CT molecular complexity index is 1150. The highest BCUT2D eigenvalue weighted by molar-refractivity contribution is 5.85. The molecule has 0 bridgehead atoms. The highest BCUT2D eigenvalue weighted by Crippen LogP contribution is 2.53. The molecule has 1 amide bonds. The van der Waals surface area contributed by atoms with Crippen LogP contribution in [0.3, 0.4) is 0 Å². The molecular weight excluding hydrogens is 478 g/mol. The molecule has 2 aromatic heterocycles. The van der Waals surface area contributed by atoms with E-state index in [0.717, 1.165) is 69.3 Å². The maximum absolute atomic E-state index is 13.7. The third-order valence-electron chi connectivity index (χ3n) is 7.96. The Morgan fingerprint density at radius 3 is 2.50 bits per heavy atom. The van der Waals surface area contributed by atoms with Crippen LogP contribution >= 0.6 is 0 Å². The van der Waals surface area contributed by atoms with Crippen molar-refractivity contribution >= 4 is 23.5 Å². The summed E-state index contributed by atoms with van der Waals surface area (Å²) in [5, 5.41) is 9.95. The Labute approximate surface area is 205 Å². The number of alkyl halides is 4. The zero-order valence-electron chi connectivity index (χ0n) is 19.9. The van der Waals surface area contributed by atoms with Gasteiger partial charge in [-0.15, -0.1) is 0 Å². The Kier molecular flexibility index (Phi) is 5.60. The molecule has 1 saturated carbocycles. The van der Waals surface area contributed by atoms with Gasteiger partial charge in [-0.3, -0.25) is 9.89 Å². The van der Waals surface area contributed by atoms with E-state index < -0.39 is 30.6 Å². The molecule has 2 aromatic rings. The van der Waals surface area contributed by atoms with Gasteiger partial charge in [-0.25, -0.2) is 4.98 Å². The van der Waals surface area contributed by atoms with Gasteiger partial charge in [0.25, 0.3) is 0 Å². The first-order valence-corrected chi connectivity index (χ1v) is 12.7. The van der Waals surface area contributed by atoms with Crippen LogP contribution in [0.2, 0.25) is 0 Å².